The van der Waals surface area contributed by atoms with Gasteiger partial charge in [-0.1, -0.05) is 29.9 Å². The van der Waals surface area contributed by atoms with Gasteiger partial charge in [-0.15, -0.1) is 10.2 Å². The van der Waals surface area contributed by atoms with Gasteiger partial charge in [0.25, 0.3) is 5.91 Å². The molecule has 0 aliphatic heterocycles. The molecule has 2 rings (SSSR count). The SMILES string of the molecule is CCc1nnc(NC(=O)C(C#N)=Cc2cc(C(F)(F)F)ccc2Cl)s1. The molecule has 0 saturated carbocycles. The van der Waals surface area contributed by atoms with Gasteiger partial charge in [0.1, 0.15) is 16.6 Å². The van der Waals surface area contributed by atoms with Crippen LogP contribution in [0, 0.1) is 11.3 Å². The molecule has 0 unspecified atom stereocenters. The van der Waals surface area contributed by atoms with E-state index >= 15 is 0 Å². The Kier molecular flexibility index (Phi) is 5.77. The van der Waals surface area contributed by atoms with Crippen LogP contribution in [0.3, 0.4) is 0 Å². The van der Waals surface area contributed by atoms with Gasteiger partial charge in [0, 0.05) is 5.02 Å². The summed E-state index contributed by atoms with van der Waals surface area (Å²) in [6.45, 7) is 1.86. The largest absolute Gasteiger partial charge is 0.416 e. The first kappa shape index (κ1) is 18.9. The van der Waals surface area contributed by atoms with Gasteiger partial charge in [0.15, 0.2) is 0 Å². The summed E-state index contributed by atoms with van der Waals surface area (Å²) in [6, 6.07) is 4.29. The molecule has 2 aromatic rings. The van der Waals surface area contributed by atoms with Crippen LogP contribution in [0.2, 0.25) is 5.02 Å². The fourth-order valence-electron chi connectivity index (χ4n) is 1.75. The molecular formula is C15H10ClF3N4OS. The van der Waals surface area contributed by atoms with Crippen molar-refractivity contribution in [1.82, 2.24) is 10.2 Å². The number of nitriles is 1. The lowest BCUT2D eigenvalue weighted by molar-refractivity contribution is -0.137. The van der Waals surface area contributed by atoms with Gasteiger partial charge in [-0.3, -0.25) is 10.1 Å². The van der Waals surface area contributed by atoms with Crippen LogP contribution in [0.4, 0.5) is 18.3 Å². The van der Waals surface area contributed by atoms with Crippen molar-refractivity contribution in [3.05, 3.63) is 44.9 Å². The van der Waals surface area contributed by atoms with Crippen molar-refractivity contribution in [2.75, 3.05) is 5.32 Å². The molecule has 0 spiro atoms. The summed E-state index contributed by atoms with van der Waals surface area (Å²) >= 11 is 7.00. The van der Waals surface area contributed by atoms with Crippen LogP contribution in [0.25, 0.3) is 6.08 Å². The molecule has 0 atom stereocenters. The number of aromatic nitrogens is 2. The molecule has 1 aromatic heterocycles. The fourth-order valence-corrected chi connectivity index (χ4v) is 2.59. The quantitative estimate of drug-likeness (QED) is 0.627. The highest BCUT2D eigenvalue weighted by atomic mass is 35.5. The number of anilines is 1. The summed E-state index contributed by atoms with van der Waals surface area (Å²) in [5.41, 5.74) is -1.43. The molecule has 0 saturated heterocycles. The Labute approximate surface area is 149 Å². The van der Waals surface area contributed by atoms with E-state index < -0.39 is 23.2 Å². The van der Waals surface area contributed by atoms with Gasteiger partial charge in [0.05, 0.1) is 5.56 Å². The standard InChI is InChI=1S/C15H10ClF3N4OS/c1-2-12-22-23-14(25-12)21-13(24)9(7-20)5-8-6-10(15(17,18)19)3-4-11(8)16/h3-6H,2H2,1H3,(H,21,23,24). The normalized spacial score (nSPS) is 11.9. The molecule has 0 aliphatic carbocycles. The Morgan fingerprint density at radius 1 is 1.44 bits per heavy atom. The highest BCUT2D eigenvalue weighted by Crippen LogP contribution is 2.32. The average Bonchev–Trinajstić information content (AvgIpc) is 3.00. The number of aryl methyl sites for hydroxylation is 1. The third-order valence-corrected chi connectivity index (χ3v) is 4.31. The number of amides is 1. The second-order valence-corrected chi connectivity index (χ2v) is 6.18. The van der Waals surface area contributed by atoms with Crippen molar-refractivity contribution in [3.8, 4) is 6.07 Å². The van der Waals surface area contributed by atoms with Gasteiger partial charge in [-0.05, 0) is 36.3 Å². The molecule has 1 N–H and O–H groups in total. The van der Waals surface area contributed by atoms with Crippen molar-refractivity contribution in [2.24, 2.45) is 0 Å². The minimum Gasteiger partial charge on any atom is -0.296 e. The maximum Gasteiger partial charge on any atom is 0.416 e. The molecule has 5 nitrogen and oxygen atoms in total. The van der Waals surface area contributed by atoms with Crippen molar-refractivity contribution in [1.29, 1.82) is 5.26 Å². The number of halogens is 4. The highest BCUT2D eigenvalue weighted by Gasteiger charge is 2.30. The summed E-state index contributed by atoms with van der Waals surface area (Å²) in [4.78, 5) is 12.1. The molecule has 0 bridgehead atoms. The fraction of sp³-hybridized carbons (Fsp3) is 0.200. The maximum atomic E-state index is 12.8. The average molecular weight is 387 g/mol. The van der Waals surface area contributed by atoms with E-state index in [2.05, 4.69) is 15.5 Å². The summed E-state index contributed by atoms with van der Waals surface area (Å²) in [7, 11) is 0. The Morgan fingerprint density at radius 3 is 2.72 bits per heavy atom. The van der Waals surface area contributed by atoms with Crippen molar-refractivity contribution in [3.63, 3.8) is 0 Å². The van der Waals surface area contributed by atoms with Gasteiger partial charge in [-0.2, -0.15) is 18.4 Å². The molecule has 1 aromatic carbocycles. The third kappa shape index (κ3) is 4.78. The first-order chi connectivity index (χ1) is 11.7. The third-order valence-electron chi connectivity index (χ3n) is 2.98. The van der Waals surface area contributed by atoms with Gasteiger partial charge >= 0.3 is 6.18 Å². The zero-order chi connectivity index (χ0) is 18.6. The van der Waals surface area contributed by atoms with Crippen LogP contribution in [-0.4, -0.2) is 16.1 Å². The molecule has 1 amide bonds. The Bertz CT molecular complexity index is 870. The first-order valence-electron chi connectivity index (χ1n) is 6.87. The topological polar surface area (TPSA) is 78.7 Å². The van der Waals surface area contributed by atoms with Crippen LogP contribution >= 0.6 is 22.9 Å². The van der Waals surface area contributed by atoms with Crippen LogP contribution in [0.15, 0.2) is 23.8 Å². The minimum atomic E-state index is -4.56. The second-order valence-electron chi connectivity index (χ2n) is 4.71. The van der Waals surface area contributed by atoms with E-state index in [-0.39, 0.29) is 15.7 Å². The maximum absolute atomic E-state index is 12.8. The lowest BCUT2D eigenvalue weighted by atomic mass is 10.1. The smallest absolute Gasteiger partial charge is 0.296 e. The number of hydrogen-bond acceptors (Lipinski definition) is 5. The zero-order valence-electron chi connectivity index (χ0n) is 12.7. The van der Waals surface area contributed by atoms with E-state index in [1.807, 2.05) is 6.92 Å². The lowest BCUT2D eigenvalue weighted by Crippen LogP contribution is -2.13. The lowest BCUT2D eigenvalue weighted by Gasteiger charge is -2.08. The molecule has 0 aliphatic rings. The Balaban J connectivity index is 2.30. The van der Waals surface area contributed by atoms with Crippen LogP contribution in [-0.2, 0) is 17.4 Å². The second kappa shape index (κ2) is 7.63. The Morgan fingerprint density at radius 2 is 2.16 bits per heavy atom. The zero-order valence-corrected chi connectivity index (χ0v) is 14.3. The van der Waals surface area contributed by atoms with Gasteiger partial charge < -0.3 is 0 Å². The van der Waals surface area contributed by atoms with Crippen LogP contribution in [0.5, 0.6) is 0 Å². The molecule has 0 fully saturated rings. The van der Waals surface area contributed by atoms with Gasteiger partial charge in [-0.25, -0.2) is 0 Å². The summed E-state index contributed by atoms with van der Waals surface area (Å²) in [5.74, 6) is -0.810. The first-order valence-corrected chi connectivity index (χ1v) is 8.06. The number of benzene rings is 1. The monoisotopic (exact) mass is 386 g/mol. The van der Waals surface area contributed by atoms with Gasteiger partial charge in [0.2, 0.25) is 5.13 Å². The molecular weight excluding hydrogens is 377 g/mol. The van der Waals surface area contributed by atoms with E-state index in [1.165, 1.54) is 0 Å². The predicted octanol–water partition coefficient (Wildman–Crippen LogP) is 4.32. The predicted molar refractivity (Wildman–Crippen MR) is 88.0 cm³/mol. The Hall–Kier alpha value is -2.44. The highest BCUT2D eigenvalue weighted by molar-refractivity contribution is 7.15. The van der Waals surface area contributed by atoms with E-state index in [9.17, 15) is 18.0 Å². The number of nitrogens with one attached hydrogen (secondary N) is 1. The molecule has 130 valence electrons. The number of nitrogens with zero attached hydrogens (tertiary/aromatic N) is 3. The van der Waals surface area contributed by atoms with Crippen molar-refractivity contribution in [2.45, 2.75) is 19.5 Å². The van der Waals surface area contributed by atoms with E-state index in [1.54, 1.807) is 6.07 Å². The number of rotatable bonds is 4. The molecule has 10 heteroatoms. The number of alkyl halides is 3. The van der Waals surface area contributed by atoms with Crippen LogP contribution < -0.4 is 5.32 Å². The number of carbonyl (C=O) groups excluding carboxylic acids is 1. The number of hydrogen-bond donors (Lipinski definition) is 1. The minimum absolute atomic E-state index is 0.0160. The summed E-state index contributed by atoms with van der Waals surface area (Å²) in [6.07, 6.45) is -2.94. The number of carbonyl (C=O) groups is 1. The summed E-state index contributed by atoms with van der Waals surface area (Å²) in [5, 5.41) is 19.9. The van der Waals surface area contributed by atoms with E-state index in [0.29, 0.717) is 11.4 Å². The van der Waals surface area contributed by atoms with E-state index in [0.717, 1.165) is 35.6 Å². The van der Waals surface area contributed by atoms with Crippen molar-refractivity contribution < 1.29 is 18.0 Å². The molecule has 1 heterocycles. The summed E-state index contributed by atoms with van der Waals surface area (Å²) < 4.78 is 38.3. The van der Waals surface area contributed by atoms with Crippen LogP contribution in [0.1, 0.15) is 23.1 Å². The van der Waals surface area contributed by atoms with Crippen molar-refractivity contribution >= 4 is 40.1 Å². The van der Waals surface area contributed by atoms with E-state index in [4.69, 9.17) is 16.9 Å². The molecule has 0 radical (unpaired) electrons. The molecule has 25 heavy (non-hydrogen) atoms.